The van der Waals surface area contributed by atoms with Crippen LogP contribution in [0.4, 0.5) is 0 Å². The fraction of sp³-hybridized carbons (Fsp3) is 0.700. The minimum Gasteiger partial charge on any atom is -0.417 e. The van der Waals surface area contributed by atoms with Crippen LogP contribution in [0, 0.1) is 12.8 Å². The highest BCUT2D eigenvalue weighted by atomic mass is 32.2. The Morgan fingerprint density at radius 2 is 1.73 bits per heavy atom. The summed E-state index contributed by atoms with van der Waals surface area (Å²) in [6.07, 6.45) is 3.38. The smallest absolute Gasteiger partial charge is 0.297 e. The first kappa shape index (κ1) is 21.6. The lowest BCUT2D eigenvalue weighted by Crippen LogP contribution is -2.41. The maximum atomic E-state index is 12.4. The first-order valence-corrected chi connectivity index (χ1v) is 13.9. The topological polar surface area (TPSA) is 52.6 Å². The molecule has 0 heterocycles. The Labute approximate surface area is 160 Å². The summed E-state index contributed by atoms with van der Waals surface area (Å²) in [5, 5.41) is 0.219. The molecule has 0 N–H and O–H groups in total. The maximum absolute atomic E-state index is 12.4. The first-order chi connectivity index (χ1) is 11.9. The van der Waals surface area contributed by atoms with Crippen molar-refractivity contribution in [3.8, 4) is 0 Å². The quantitative estimate of drug-likeness (QED) is 0.463. The Bertz CT molecular complexity index is 690. The molecule has 148 valence electrons. The molecule has 1 aliphatic carbocycles. The molecule has 0 aliphatic heterocycles. The lowest BCUT2D eigenvalue weighted by Gasteiger charge is -2.36. The van der Waals surface area contributed by atoms with E-state index in [0.29, 0.717) is 5.92 Å². The van der Waals surface area contributed by atoms with Gasteiger partial charge < -0.3 is 4.43 Å². The normalized spacial score (nSPS) is 21.9. The van der Waals surface area contributed by atoms with Gasteiger partial charge in [-0.05, 0) is 68.8 Å². The molecule has 2 rings (SSSR count). The van der Waals surface area contributed by atoms with Gasteiger partial charge in [-0.2, -0.15) is 8.42 Å². The number of benzene rings is 1. The fourth-order valence-corrected chi connectivity index (χ4v) is 5.19. The maximum Gasteiger partial charge on any atom is 0.297 e. The van der Waals surface area contributed by atoms with Crippen LogP contribution >= 0.6 is 0 Å². The molecule has 1 aliphatic rings. The van der Waals surface area contributed by atoms with E-state index < -0.39 is 18.4 Å². The summed E-state index contributed by atoms with van der Waals surface area (Å²) in [5.41, 5.74) is 1.03. The first-order valence-electron chi connectivity index (χ1n) is 9.55. The van der Waals surface area contributed by atoms with Crippen molar-refractivity contribution in [3.05, 3.63) is 29.8 Å². The van der Waals surface area contributed by atoms with E-state index in [2.05, 4.69) is 33.9 Å². The van der Waals surface area contributed by atoms with Gasteiger partial charge in [0.2, 0.25) is 0 Å². The monoisotopic (exact) mass is 398 g/mol. The SMILES string of the molecule is Cc1ccc(S(=O)(=O)OC2CCC(CCO[Si](C)(C)C(C)(C)C)C2)cc1. The van der Waals surface area contributed by atoms with E-state index in [-0.39, 0.29) is 16.0 Å². The summed E-state index contributed by atoms with van der Waals surface area (Å²) in [4.78, 5) is 0.243. The van der Waals surface area contributed by atoms with Crippen LogP contribution in [0.3, 0.4) is 0 Å². The third-order valence-electron chi connectivity index (χ3n) is 5.86. The Morgan fingerprint density at radius 3 is 2.31 bits per heavy atom. The fourth-order valence-electron chi connectivity index (χ4n) is 3.02. The Morgan fingerprint density at radius 1 is 1.12 bits per heavy atom. The number of hydrogen-bond acceptors (Lipinski definition) is 4. The Kier molecular flexibility index (Phi) is 6.75. The van der Waals surface area contributed by atoms with E-state index >= 15 is 0 Å². The molecule has 6 heteroatoms. The second-order valence-electron chi connectivity index (χ2n) is 9.06. The molecule has 4 nitrogen and oxygen atoms in total. The van der Waals surface area contributed by atoms with Gasteiger partial charge in [0.05, 0.1) is 11.0 Å². The molecule has 1 fully saturated rings. The van der Waals surface area contributed by atoms with Gasteiger partial charge in [-0.3, -0.25) is 4.18 Å². The van der Waals surface area contributed by atoms with E-state index in [1.54, 1.807) is 24.3 Å². The number of rotatable bonds is 7. The second-order valence-corrected chi connectivity index (χ2v) is 15.4. The van der Waals surface area contributed by atoms with E-state index in [4.69, 9.17) is 8.61 Å². The van der Waals surface area contributed by atoms with Gasteiger partial charge in [-0.25, -0.2) is 0 Å². The molecule has 1 aromatic carbocycles. The van der Waals surface area contributed by atoms with Crippen molar-refractivity contribution >= 4 is 18.4 Å². The van der Waals surface area contributed by atoms with Crippen LogP contribution in [0.1, 0.15) is 52.0 Å². The van der Waals surface area contributed by atoms with Crippen molar-refractivity contribution in [2.75, 3.05) is 6.61 Å². The van der Waals surface area contributed by atoms with Crippen molar-refractivity contribution in [1.29, 1.82) is 0 Å². The molecule has 0 saturated heterocycles. The van der Waals surface area contributed by atoms with Gasteiger partial charge in [-0.1, -0.05) is 38.5 Å². The molecule has 1 aromatic rings. The third-order valence-corrected chi connectivity index (χ3v) is 11.8. The molecular formula is C20H34O4SSi. The molecule has 0 aromatic heterocycles. The van der Waals surface area contributed by atoms with Gasteiger partial charge >= 0.3 is 0 Å². The highest BCUT2D eigenvalue weighted by molar-refractivity contribution is 7.86. The molecule has 0 amide bonds. The predicted octanol–water partition coefficient (Wildman–Crippen LogP) is 5.28. The zero-order chi connectivity index (χ0) is 19.6. The summed E-state index contributed by atoms with van der Waals surface area (Å²) >= 11 is 0. The third kappa shape index (κ3) is 5.65. The summed E-state index contributed by atoms with van der Waals surface area (Å²) in [5.74, 6) is 0.484. The van der Waals surface area contributed by atoms with Crippen LogP contribution in [0.2, 0.25) is 18.1 Å². The molecule has 1 saturated carbocycles. The van der Waals surface area contributed by atoms with Crippen molar-refractivity contribution < 1.29 is 17.0 Å². The lowest BCUT2D eigenvalue weighted by atomic mass is 10.1. The average molecular weight is 399 g/mol. The van der Waals surface area contributed by atoms with E-state index in [1.807, 2.05) is 6.92 Å². The molecule has 2 atom stereocenters. The molecule has 0 spiro atoms. The number of aryl methyl sites for hydroxylation is 1. The van der Waals surface area contributed by atoms with E-state index in [1.165, 1.54) is 0 Å². The molecule has 26 heavy (non-hydrogen) atoms. The summed E-state index contributed by atoms with van der Waals surface area (Å²) in [6, 6.07) is 6.83. The molecule has 0 radical (unpaired) electrons. The second kappa shape index (κ2) is 8.13. The zero-order valence-electron chi connectivity index (χ0n) is 17.0. The Hall–Kier alpha value is -0.693. The zero-order valence-corrected chi connectivity index (χ0v) is 18.9. The lowest BCUT2D eigenvalue weighted by molar-refractivity contribution is 0.204. The van der Waals surface area contributed by atoms with Crippen LogP contribution < -0.4 is 0 Å². The molecular weight excluding hydrogens is 364 g/mol. The van der Waals surface area contributed by atoms with Crippen molar-refractivity contribution in [1.82, 2.24) is 0 Å². The van der Waals surface area contributed by atoms with Gasteiger partial charge in [0, 0.05) is 6.61 Å². The molecule has 2 unspecified atom stereocenters. The number of hydrogen-bond donors (Lipinski definition) is 0. The highest BCUT2D eigenvalue weighted by Gasteiger charge is 2.37. The standard InChI is InChI=1S/C20H34O4SSi/c1-16-7-11-19(12-8-16)25(21,22)24-18-10-9-17(15-18)13-14-23-26(5,6)20(2,3)4/h7-8,11-12,17-18H,9-10,13-15H2,1-6H3. The minimum absolute atomic E-state index is 0.209. The van der Waals surface area contributed by atoms with Crippen LogP contribution in [0.5, 0.6) is 0 Å². The predicted molar refractivity (Wildman–Crippen MR) is 108 cm³/mol. The largest absolute Gasteiger partial charge is 0.417 e. The summed E-state index contributed by atoms with van der Waals surface area (Å²) in [6.45, 7) is 14.0. The Balaban J connectivity index is 1.82. The minimum atomic E-state index is -3.67. The summed E-state index contributed by atoms with van der Waals surface area (Å²) in [7, 11) is -5.38. The van der Waals surface area contributed by atoms with Crippen molar-refractivity contribution in [2.45, 2.75) is 82.5 Å². The summed E-state index contributed by atoms with van der Waals surface area (Å²) < 4.78 is 36.6. The van der Waals surface area contributed by atoms with Gasteiger partial charge in [0.15, 0.2) is 8.32 Å². The van der Waals surface area contributed by atoms with Crippen LogP contribution in [-0.4, -0.2) is 29.4 Å². The van der Waals surface area contributed by atoms with Gasteiger partial charge in [-0.15, -0.1) is 0 Å². The van der Waals surface area contributed by atoms with E-state index in [9.17, 15) is 8.42 Å². The average Bonchev–Trinajstić information content (AvgIpc) is 2.93. The van der Waals surface area contributed by atoms with Crippen LogP contribution in [0.15, 0.2) is 29.2 Å². The van der Waals surface area contributed by atoms with Crippen LogP contribution in [0.25, 0.3) is 0 Å². The van der Waals surface area contributed by atoms with E-state index in [0.717, 1.165) is 37.9 Å². The van der Waals surface area contributed by atoms with Crippen molar-refractivity contribution in [2.24, 2.45) is 5.92 Å². The van der Waals surface area contributed by atoms with Crippen LogP contribution in [-0.2, 0) is 18.7 Å². The highest BCUT2D eigenvalue weighted by Crippen LogP contribution is 2.38. The van der Waals surface area contributed by atoms with Crippen molar-refractivity contribution in [3.63, 3.8) is 0 Å². The van der Waals surface area contributed by atoms with Gasteiger partial charge in [0.25, 0.3) is 10.1 Å². The molecule has 0 bridgehead atoms. The van der Waals surface area contributed by atoms with Gasteiger partial charge in [0.1, 0.15) is 0 Å².